The Labute approximate surface area is 91.1 Å². The molecule has 1 aromatic heterocycles. The minimum absolute atomic E-state index is 0.170. The molecule has 1 atom stereocenters. The van der Waals surface area contributed by atoms with Gasteiger partial charge in [0.2, 0.25) is 0 Å². The summed E-state index contributed by atoms with van der Waals surface area (Å²) in [5, 5.41) is 4.38. The lowest BCUT2D eigenvalue weighted by Gasteiger charge is -2.10. The number of nitrogens with zero attached hydrogens (tertiary/aromatic N) is 2. The van der Waals surface area contributed by atoms with E-state index in [0.29, 0.717) is 0 Å². The Balaban J connectivity index is 2.68. The van der Waals surface area contributed by atoms with Crippen molar-refractivity contribution in [3.63, 3.8) is 0 Å². The Kier molecular flexibility index (Phi) is 4.05. The first-order chi connectivity index (χ1) is 7.10. The van der Waals surface area contributed by atoms with Crippen molar-refractivity contribution >= 4 is 0 Å². The zero-order valence-corrected chi connectivity index (χ0v) is 9.75. The molecule has 1 unspecified atom stereocenters. The van der Waals surface area contributed by atoms with Crippen molar-refractivity contribution in [1.82, 2.24) is 15.2 Å². The number of hydrogen-bond acceptors (Lipinski definition) is 3. The molecule has 4 nitrogen and oxygen atoms in total. The molecule has 0 aromatic carbocycles. The average molecular weight is 208 g/mol. The van der Waals surface area contributed by atoms with E-state index in [1.807, 2.05) is 24.7 Å². The number of hydrogen-bond donors (Lipinski definition) is 2. The highest BCUT2D eigenvalue weighted by Gasteiger charge is 2.10. The molecule has 3 N–H and O–H groups in total. The number of rotatable bonds is 5. The zero-order chi connectivity index (χ0) is 11.4. The lowest BCUT2D eigenvalue weighted by molar-refractivity contribution is 0.576. The molecule has 0 fully saturated rings. The van der Waals surface area contributed by atoms with E-state index >= 15 is 0 Å². The van der Waals surface area contributed by atoms with Gasteiger partial charge in [-0.05, 0) is 32.3 Å². The topological polar surface area (TPSA) is 55.9 Å². The van der Waals surface area contributed by atoms with E-state index in [-0.39, 0.29) is 6.04 Å². The fraction of sp³-hybridized carbons (Fsp3) is 0.545. The summed E-state index contributed by atoms with van der Waals surface area (Å²) in [7, 11) is 1.97. The summed E-state index contributed by atoms with van der Waals surface area (Å²) in [6.07, 6.45) is 3.76. The SMILES string of the molecule is C=CC(CCc1c(C)nn(C)c1C)NN. The fourth-order valence-electron chi connectivity index (χ4n) is 1.75. The summed E-state index contributed by atoms with van der Waals surface area (Å²) in [5.74, 6) is 5.39. The highest BCUT2D eigenvalue weighted by Crippen LogP contribution is 2.14. The summed E-state index contributed by atoms with van der Waals surface area (Å²) in [6.45, 7) is 7.87. The molecule has 0 aliphatic carbocycles. The number of aromatic nitrogens is 2. The largest absolute Gasteiger partial charge is 0.272 e. The lowest BCUT2D eigenvalue weighted by atomic mass is 10.0. The van der Waals surface area contributed by atoms with Gasteiger partial charge < -0.3 is 0 Å². The fourth-order valence-corrected chi connectivity index (χ4v) is 1.75. The van der Waals surface area contributed by atoms with Gasteiger partial charge in [-0.1, -0.05) is 6.08 Å². The predicted octanol–water partition coefficient (Wildman–Crippen LogP) is 0.987. The Morgan fingerprint density at radius 3 is 2.67 bits per heavy atom. The van der Waals surface area contributed by atoms with Gasteiger partial charge in [0.05, 0.1) is 5.69 Å². The first-order valence-corrected chi connectivity index (χ1v) is 5.18. The van der Waals surface area contributed by atoms with Crippen molar-refractivity contribution in [2.75, 3.05) is 0 Å². The molecule has 84 valence electrons. The molecule has 1 aromatic rings. The van der Waals surface area contributed by atoms with Gasteiger partial charge >= 0.3 is 0 Å². The summed E-state index contributed by atoms with van der Waals surface area (Å²) >= 11 is 0. The Bertz CT molecular complexity index is 341. The Hall–Kier alpha value is -1.13. The van der Waals surface area contributed by atoms with Crippen molar-refractivity contribution < 1.29 is 0 Å². The second-order valence-electron chi connectivity index (χ2n) is 3.82. The van der Waals surface area contributed by atoms with Crippen molar-refractivity contribution in [3.05, 3.63) is 29.6 Å². The molecular weight excluding hydrogens is 188 g/mol. The molecule has 0 spiro atoms. The molecule has 0 amide bonds. The van der Waals surface area contributed by atoms with Gasteiger partial charge in [-0.3, -0.25) is 16.0 Å². The summed E-state index contributed by atoms with van der Waals surface area (Å²) < 4.78 is 1.92. The Morgan fingerprint density at radius 1 is 1.60 bits per heavy atom. The van der Waals surface area contributed by atoms with Crippen LogP contribution in [-0.2, 0) is 13.5 Å². The van der Waals surface area contributed by atoms with Crippen LogP contribution in [0, 0.1) is 13.8 Å². The standard InChI is InChI=1S/C11H20N4/c1-5-10(13-12)6-7-11-8(2)14-15(4)9(11)3/h5,10,13H,1,6-7,12H2,2-4H3. The van der Waals surface area contributed by atoms with Crippen LogP contribution in [0.5, 0.6) is 0 Å². The zero-order valence-electron chi connectivity index (χ0n) is 9.75. The maximum absolute atomic E-state index is 5.39. The molecule has 0 radical (unpaired) electrons. The van der Waals surface area contributed by atoms with Crippen LogP contribution in [0.15, 0.2) is 12.7 Å². The van der Waals surface area contributed by atoms with Crippen LogP contribution in [0.25, 0.3) is 0 Å². The van der Waals surface area contributed by atoms with Crippen LogP contribution in [0.1, 0.15) is 23.4 Å². The minimum Gasteiger partial charge on any atom is -0.272 e. The van der Waals surface area contributed by atoms with Gasteiger partial charge in [0.25, 0.3) is 0 Å². The third-order valence-corrected chi connectivity index (χ3v) is 2.86. The molecular formula is C11H20N4. The molecule has 1 heterocycles. The van der Waals surface area contributed by atoms with E-state index in [9.17, 15) is 0 Å². The summed E-state index contributed by atoms with van der Waals surface area (Å²) in [5.41, 5.74) is 6.38. The van der Waals surface area contributed by atoms with E-state index in [2.05, 4.69) is 24.0 Å². The van der Waals surface area contributed by atoms with Crippen molar-refractivity contribution in [3.8, 4) is 0 Å². The molecule has 0 bridgehead atoms. The van der Waals surface area contributed by atoms with Crippen LogP contribution < -0.4 is 11.3 Å². The lowest BCUT2D eigenvalue weighted by Crippen LogP contribution is -2.33. The maximum atomic E-state index is 5.39. The van der Waals surface area contributed by atoms with Gasteiger partial charge in [0, 0.05) is 18.8 Å². The van der Waals surface area contributed by atoms with Gasteiger partial charge in [0.1, 0.15) is 0 Å². The van der Waals surface area contributed by atoms with E-state index in [0.717, 1.165) is 18.5 Å². The molecule has 0 saturated carbocycles. The maximum Gasteiger partial charge on any atom is 0.0628 e. The number of nitrogens with two attached hydrogens (primary N) is 1. The average Bonchev–Trinajstić information content (AvgIpc) is 2.45. The van der Waals surface area contributed by atoms with E-state index in [4.69, 9.17) is 5.84 Å². The molecule has 0 aliphatic rings. The summed E-state index contributed by atoms with van der Waals surface area (Å²) in [4.78, 5) is 0. The smallest absolute Gasteiger partial charge is 0.0628 e. The second-order valence-corrected chi connectivity index (χ2v) is 3.82. The predicted molar refractivity (Wildman–Crippen MR) is 62.3 cm³/mol. The van der Waals surface area contributed by atoms with Crippen LogP contribution in [0.3, 0.4) is 0 Å². The second kappa shape index (κ2) is 5.09. The van der Waals surface area contributed by atoms with E-state index < -0.39 is 0 Å². The van der Waals surface area contributed by atoms with Crippen LogP contribution in [0.4, 0.5) is 0 Å². The van der Waals surface area contributed by atoms with Gasteiger partial charge in [-0.15, -0.1) is 6.58 Å². The van der Waals surface area contributed by atoms with Crippen molar-refractivity contribution in [2.45, 2.75) is 32.7 Å². The van der Waals surface area contributed by atoms with Gasteiger partial charge in [-0.2, -0.15) is 5.10 Å². The first kappa shape index (κ1) is 11.9. The van der Waals surface area contributed by atoms with Gasteiger partial charge in [0.15, 0.2) is 0 Å². The number of aryl methyl sites for hydroxylation is 2. The summed E-state index contributed by atoms with van der Waals surface area (Å²) in [6, 6.07) is 0.170. The van der Waals surface area contributed by atoms with Crippen LogP contribution in [0.2, 0.25) is 0 Å². The minimum atomic E-state index is 0.170. The third-order valence-electron chi connectivity index (χ3n) is 2.86. The quantitative estimate of drug-likeness (QED) is 0.431. The van der Waals surface area contributed by atoms with Crippen molar-refractivity contribution in [1.29, 1.82) is 0 Å². The first-order valence-electron chi connectivity index (χ1n) is 5.18. The highest BCUT2D eigenvalue weighted by molar-refractivity contribution is 5.24. The molecule has 0 saturated heterocycles. The van der Waals surface area contributed by atoms with Crippen LogP contribution in [-0.4, -0.2) is 15.8 Å². The molecule has 0 aliphatic heterocycles. The molecule has 4 heteroatoms. The monoisotopic (exact) mass is 208 g/mol. The third kappa shape index (κ3) is 2.67. The van der Waals surface area contributed by atoms with Crippen molar-refractivity contribution in [2.24, 2.45) is 12.9 Å². The van der Waals surface area contributed by atoms with E-state index in [1.165, 1.54) is 11.3 Å². The highest BCUT2D eigenvalue weighted by atomic mass is 15.3. The Morgan fingerprint density at radius 2 is 2.27 bits per heavy atom. The normalized spacial score (nSPS) is 12.8. The molecule has 15 heavy (non-hydrogen) atoms. The van der Waals surface area contributed by atoms with E-state index in [1.54, 1.807) is 0 Å². The molecule has 1 rings (SSSR count). The number of nitrogens with one attached hydrogen (secondary N) is 1. The number of hydrazine groups is 1. The van der Waals surface area contributed by atoms with Crippen LogP contribution >= 0.6 is 0 Å². The van der Waals surface area contributed by atoms with Gasteiger partial charge in [-0.25, -0.2) is 0 Å².